The average Bonchev–Trinajstić information content (AvgIpc) is 2.97. The Morgan fingerprint density at radius 2 is 1.70 bits per heavy atom. The molecule has 3 rings (SSSR count). The molecule has 4 nitrogen and oxygen atoms in total. The first-order valence-electron chi connectivity index (χ1n) is 6.01. The van der Waals surface area contributed by atoms with Crippen molar-refractivity contribution in [1.29, 1.82) is 0 Å². The first kappa shape index (κ1) is 12.9. The third kappa shape index (κ3) is 2.32. The van der Waals surface area contributed by atoms with Crippen LogP contribution in [0.3, 0.4) is 0 Å². The van der Waals surface area contributed by atoms with Crippen LogP contribution in [-0.4, -0.2) is 17.3 Å². The standard InChI is InChI=1S/C15H11BrN2O2/c1-19-13-9-5-3-7-11(13)14-17-15(20-18-14)10-6-2-4-8-12(10)16/h2-9H,1H3. The maximum Gasteiger partial charge on any atom is 0.259 e. The van der Waals surface area contributed by atoms with Gasteiger partial charge in [-0.3, -0.25) is 0 Å². The van der Waals surface area contributed by atoms with Gasteiger partial charge < -0.3 is 9.26 Å². The molecule has 0 atom stereocenters. The molecule has 0 aliphatic rings. The molecule has 0 amide bonds. The van der Waals surface area contributed by atoms with Gasteiger partial charge in [0, 0.05) is 4.47 Å². The van der Waals surface area contributed by atoms with Crippen LogP contribution in [0, 0.1) is 0 Å². The van der Waals surface area contributed by atoms with Crippen LogP contribution >= 0.6 is 15.9 Å². The van der Waals surface area contributed by atoms with Crippen LogP contribution in [-0.2, 0) is 0 Å². The number of hydrogen-bond donors (Lipinski definition) is 0. The molecule has 0 N–H and O–H groups in total. The molecule has 0 aliphatic carbocycles. The Morgan fingerprint density at radius 3 is 2.45 bits per heavy atom. The third-order valence-corrected chi connectivity index (χ3v) is 3.57. The minimum Gasteiger partial charge on any atom is -0.496 e. The van der Waals surface area contributed by atoms with Gasteiger partial charge >= 0.3 is 0 Å². The van der Waals surface area contributed by atoms with Gasteiger partial charge in [-0.15, -0.1) is 0 Å². The Hall–Kier alpha value is -2.14. The fourth-order valence-electron chi connectivity index (χ4n) is 1.91. The second-order valence-corrected chi connectivity index (χ2v) is 4.96. The molecule has 0 fully saturated rings. The number of rotatable bonds is 3. The van der Waals surface area contributed by atoms with Crippen molar-refractivity contribution >= 4 is 15.9 Å². The predicted molar refractivity (Wildman–Crippen MR) is 79.4 cm³/mol. The van der Waals surface area contributed by atoms with Gasteiger partial charge in [0.1, 0.15) is 5.75 Å². The minimum absolute atomic E-state index is 0.471. The van der Waals surface area contributed by atoms with E-state index in [9.17, 15) is 0 Å². The van der Waals surface area contributed by atoms with E-state index in [1.807, 2.05) is 48.5 Å². The zero-order valence-electron chi connectivity index (χ0n) is 10.7. The highest BCUT2D eigenvalue weighted by molar-refractivity contribution is 9.10. The van der Waals surface area contributed by atoms with Crippen molar-refractivity contribution in [2.45, 2.75) is 0 Å². The number of nitrogens with zero attached hydrogens (tertiary/aromatic N) is 2. The molecule has 0 radical (unpaired) electrons. The highest BCUT2D eigenvalue weighted by Crippen LogP contribution is 2.31. The quantitative estimate of drug-likeness (QED) is 0.723. The summed E-state index contributed by atoms with van der Waals surface area (Å²) in [5, 5.41) is 4.03. The lowest BCUT2D eigenvalue weighted by Crippen LogP contribution is -1.88. The number of halogens is 1. The van der Waals surface area contributed by atoms with Crippen molar-refractivity contribution in [1.82, 2.24) is 10.1 Å². The van der Waals surface area contributed by atoms with Gasteiger partial charge in [0.15, 0.2) is 0 Å². The lowest BCUT2D eigenvalue weighted by molar-refractivity contribution is 0.413. The number of aromatic nitrogens is 2. The van der Waals surface area contributed by atoms with Gasteiger partial charge in [0.05, 0.1) is 18.2 Å². The molecule has 0 bridgehead atoms. The Labute approximate surface area is 124 Å². The summed E-state index contributed by atoms with van der Waals surface area (Å²) in [5.74, 6) is 1.69. The Bertz CT molecular complexity index is 740. The molecule has 100 valence electrons. The van der Waals surface area contributed by atoms with Gasteiger partial charge in [-0.25, -0.2) is 0 Å². The van der Waals surface area contributed by atoms with E-state index < -0.39 is 0 Å². The second kappa shape index (κ2) is 5.46. The molecule has 20 heavy (non-hydrogen) atoms. The molecule has 0 spiro atoms. The predicted octanol–water partition coefficient (Wildman–Crippen LogP) is 4.17. The summed E-state index contributed by atoms with van der Waals surface area (Å²) in [7, 11) is 1.62. The number of benzene rings is 2. The van der Waals surface area contributed by atoms with Gasteiger partial charge in [-0.1, -0.05) is 29.4 Å². The summed E-state index contributed by atoms with van der Waals surface area (Å²) in [4.78, 5) is 4.43. The molecule has 3 aromatic rings. The van der Waals surface area contributed by atoms with Crippen molar-refractivity contribution in [3.05, 3.63) is 53.0 Å². The first-order chi connectivity index (χ1) is 9.79. The summed E-state index contributed by atoms with van der Waals surface area (Å²) in [6, 6.07) is 15.3. The van der Waals surface area contributed by atoms with Gasteiger partial charge in [0.2, 0.25) is 5.82 Å². The van der Waals surface area contributed by atoms with Crippen LogP contribution in [0.25, 0.3) is 22.8 Å². The van der Waals surface area contributed by atoms with Gasteiger partial charge in [-0.2, -0.15) is 4.98 Å². The van der Waals surface area contributed by atoms with Crippen LogP contribution in [0.15, 0.2) is 57.5 Å². The van der Waals surface area contributed by atoms with Crippen molar-refractivity contribution in [2.24, 2.45) is 0 Å². The second-order valence-electron chi connectivity index (χ2n) is 4.10. The Balaban J connectivity index is 2.05. The lowest BCUT2D eigenvalue weighted by Gasteiger charge is -2.03. The van der Waals surface area contributed by atoms with Crippen LogP contribution < -0.4 is 4.74 Å². The monoisotopic (exact) mass is 330 g/mol. The number of para-hydroxylation sites is 1. The van der Waals surface area contributed by atoms with Crippen LogP contribution in [0.2, 0.25) is 0 Å². The van der Waals surface area contributed by atoms with Crippen molar-refractivity contribution in [2.75, 3.05) is 7.11 Å². The van der Waals surface area contributed by atoms with E-state index in [-0.39, 0.29) is 0 Å². The molecule has 2 aromatic carbocycles. The number of hydrogen-bond acceptors (Lipinski definition) is 4. The summed E-state index contributed by atoms with van der Waals surface area (Å²) in [6.45, 7) is 0. The maximum atomic E-state index is 5.34. The van der Waals surface area contributed by atoms with Crippen molar-refractivity contribution < 1.29 is 9.26 Å². The van der Waals surface area contributed by atoms with Crippen LogP contribution in [0.5, 0.6) is 5.75 Å². The number of methoxy groups -OCH3 is 1. The van der Waals surface area contributed by atoms with Gasteiger partial charge in [0.25, 0.3) is 5.89 Å². The van der Waals surface area contributed by atoms with E-state index in [2.05, 4.69) is 26.1 Å². The van der Waals surface area contributed by atoms with E-state index in [1.165, 1.54) is 0 Å². The number of ether oxygens (including phenoxy) is 1. The van der Waals surface area contributed by atoms with Gasteiger partial charge in [-0.05, 0) is 40.2 Å². The minimum atomic E-state index is 0.471. The molecule has 0 aliphatic heterocycles. The van der Waals surface area contributed by atoms with Crippen molar-refractivity contribution in [3.8, 4) is 28.6 Å². The van der Waals surface area contributed by atoms with E-state index in [1.54, 1.807) is 7.11 Å². The zero-order chi connectivity index (χ0) is 13.9. The SMILES string of the molecule is COc1ccccc1-c1noc(-c2ccccc2Br)n1. The molecule has 5 heteroatoms. The maximum absolute atomic E-state index is 5.34. The molecule has 0 unspecified atom stereocenters. The summed E-state index contributed by atoms with van der Waals surface area (Å²) >= 11 is 3.47. The Morgan fingerprint density at radius 1 is 1.00 bits per heavy atom. The van der Waals surface area contributed by atoms with E-state index in [0.717, 1.165) is 15.6 Å². The molecule has 1 aromatic heterocycles. The molecule has 0 saturated carbocycles. The first-order valence-corrected chi connectivity index (χ1v) is 6.81. The zero-order valence-corrected chi connectivity index (χ0v) is 12.3. The molecule has 1 heterocycles. The van der Waals surface area contributed by atoms with Crippen molar-refractivity contribution in [3.63, 3.8) is 0 Å². The lowest BCUT2D eigenvalue weighted by atomic mass is 10.2. The molecular formula is C15H11BrN2O2. The summed E-state index contributed by atoms with van der Waals surface area (Å²) in [5.41, 5.74) is 1.67. The topological polar surface area (TPSA) is 48.2 Å². The smallest absolute Gasteiger partial charge is 0.259 e. The van der Waals surface area contributed by atoms with E-state index in [4.69, 9.17) is 9.26 Å². The van der Waals surface area contributed by atoms with Crippen LogP contribution in [0.4, 0.5) is 0 Å². The molecular weight excluding hydrogens is 320 g/mol. The normalized spacial score (nSPS) is 10.5. The highest BCUT2D eigenvalue weighted by Gasteiger charge is 2.15. The fraction of sp³-hybridized carbons (Fsp3) is 0.0667. The van der Waals surface area contributed by atoms with Crippen LogP contribution in [0.1, 0.15) is 0 Å². The summed E-state index contributed by atoms with van der Waals surface area (Å²) in [6.07, 6.45) is 0. The highest BCUT2D eigenvalue weighted by atomic mass is 79.9. The summed E-state index contributed by atoms with van der Waals surface area (Å²) < 4.78 is 11.6. The fourth-order valence-corrected chi connectivity index (χ4v) is 2.36. The third-order valence-electron chi connectivity index (χ3n) is 2.88. The largest absolute Gasteiger partial charge is 0.496 e. The van der Waals surface area contributed by atoms with E-state index in [0.29, 0.717) is 17.5 Å². The molecule has 0 saturated heterocycles. The average molecular weight is 331 g/mol. The Kier molecular flexibility index (Phi) is 3.52. The van der Waals surface area contributed by atoms with E-state index >= 15 is 0 Å².